The summed E-state index contributed by atoms with van der Waals surface area (Å²) in [6.07, 6.45) is 13.0. The molecule has 0 spiro atoms. The van der Waals surface area contributed by atoms with Crippen molar-refractivity contribution in [3.8, 4) is 0 Å². The van der Waals surface area contributed by atoms with Crippen molar-refractivity contribution in [1.82, 2.24) is 10.1 Å². The van der Waals surface area contributed by atoms with E-state index in [9.17, 15) is 9.90 Å². The lowest BCUT2D eigenvalue weighted by molar-refractivity contribution is 0.0991. The third-order valence-electron chi connectivity index (χ3n) is 5.17. The van der Waals surface area contributed by atoms with Gasteiger partial charge in [0.2, 0.25) is 11.7 Å². The number of carbonyl (C=O) groups is 1. The van der Waals surface area contributed by atoms with Crippen molar-refractivity contribution in [2.24, 2.45) is 16.8 Å². The summed E-state index contributed by atoms with van der Waals surface area (Å²) in [7, 11) is 2.83. The van der Waals surface area contributed by atoms with Crippen LogP contribution in [0.25, 0.3) is 5.57 Å². The maximum absolute atomic E-state index is 11.9. The lowest BCUT2D eigenvalue weighted by Crippen LogP contribution is -2.24. The second kappa shape index (κ2) is 10.6. The van der Waals surface area contributed by atoms with Crippen LogP contribution in [0.3, 0.4) is 0 Å². The molecule has 9 heteroatoms. The Balaban J connectivity index is 1.97. The fraction of sp³-hybridized carbons (Fsp3) is 0.391. The minimum atomic E-state index is -0.723. The van der Waals surface area contributed by atoms with Gasteiger partial charge < -0.3 is 19.1 Å². The van der Waals surface area contributed by atoms with Gasteiger partial charge in [-0.15, -0.1) is 11.8 Å². The van der Waals surface area contributed by atoms with E-state index in [1.54, 1.807) is 13.0 Å². The molecule has 3 rings (SSSR count). The molecule has 2 aliphatic rings. The smallest absolute Gasteiger partial charge is 0.434 e. The molecule has 1 aromatic heterocycles. The number of aliphatic imine (C=N–C) groups is 1. The monoisotopic (exact) mass is 457 g/mol. The number of hydrogen-bond donors (Lipinski definition) is 1. The van der Waals surface area contributed by atoms with Crippen LogP contribution < -0.4 is 0 Å². The number of aromatic nitrogens is 2. The van der Waals surface area contributed by atoms with E-state index < -0.39 is 12.2 Å². The van der Waals surface area contributed by atoms with Gasteiger partial charge in [0.1, 0.15) is 16.9 Å². The van der Waals surface area contributed by atoms with Crippen LogP contribution in [0.4, 0.5) is 4.79 Å². The van der Waals surface area contributed by atoms with E-state index >= 15 is 0 Å². The maximum Gasteiger partial charge on any atom is 0.434 e. The normalized spacial score (nSPS) is 23.9. The molecule has 3 atom stereocenters. The van der Waals surface area contributed by atoms with Crippen molar-refractivity contribution in [3.05, 3.63) is 65.1 Å². The van der Waals surface area contributed by atoms with Crippen molar-refractivity contribution in [2.45, 2.75) is 26.4 Å². The van der Waals surface area contributed by atoms with Crippen LogP contribution in [0.15, 0.2) is 62.9 Å². The van der Waals surface area contributed by atoms with Crippen LogP contribution in [-0.2, 0) is 9.47 Å². The number of ether oxygens (including phenoxy) is 2. The molecule has 2 aliphatic carbocycles. The zero-order valence-corrected chi connectivity index (χ0v) is 19.5. The van der Waals surface area contributed by atoms with Crippen molar-refractivity contribution in [1.29, 1.82) is 0 Å². The minimum absolute atomic E-state index is 0.0548. The van der Waals surface area contributed by atoms with Crippen LogP contribution in [0, 0.1) is 18.8 Å². The number of aliphatic hydroxyl groups is 1. The van der Waals surface area contributed by atoms with Gasteiger partial charge >= 0.3 is 6.09 Å². The summed E-state index contributed by atoms with van der Waals surface area (Å²) in [5.74, 6) is 1.43. The fourth-order valence-electron chi connectivity index (χ4n) is 3.46. The zero-order chi connectivity index (χ0) is 23.3. The minimum Gasteiger partial charge on any atom is -0.498 e. The second-order valence-corrected chi connectivity index (χ2v) is 8.20. The second-order valence-electron chi connectivity index (χ2n) is 7.40. The summed E-state index contributed by atoms with van der Waals surface area (Å²) in [4.78, 5) is 20.3. The first kappa shape index (κ1) is 23.7. The lowest BCUT2D eigenvalue weighted by atomic mass is 9.87. The fourth-order valence-corrected chi connectivity index (χ4v) is 4.03. The standard InChI is InChI=1S/C23H27N3O5S/c1-13-10-17(12-19(29-3)20(13)27)18(22(32-5)25-23(28)30-4)11-15-6-8-16(9-7-15)21-24-14(2)31-26-21/h6,8-13,15,20,27H,7H2,1-5H3/b18-11+,25-22-. The maximum atomic E-state index is 11.9. The van der Waals surface area contributed by atoms with Crippen LogP contribution in [0.5, 0.6) is 0 Å². The summed E-state index contributed by atoms with van der Waals surface area (Å²) < 4.78 is 15.2. The number of thioether (sulfide) groups is 1. The molecule has 1 N–H and O–H groups in total. The first-order chi connectivity index (χ1) is 15.4. The Kier molecular flexibility index (Phi) is 7.87. The van der Waals surface area contributed by atoms with Crippen molar-refractivity contribution in [2.75, 3.05) is 20.5 Å². The molecule has 0 radical (unpaired) electrons. The first-order valence-electron chi connectivity index (χ1n) is 10.1. The Morgan fingerprint density at radius 2 is 2.19 bits per heavy atom. The van der Waals surface area contributed by atoms with E-state index in [4.69, 9.17) is 14.0 Å². The summed E-state index contributed by atoms with van der Waals surface area (Å²) in [5.41, 5.74) is 2.50. The van der Waals surface area contributed by atoms with E-state index in [1.165, 1.54) is 26.0 Å². The van der Waals surface area contributed by atoms with E-state index in [0.717, 1.165) is 23.1 Å². The SMILES string of the molecule is COC(=O)/N=C(SC)/C(=C/C1C=CC(c2noc(C)n2)=CC1)C1=CC(C)C(O)C(OC)=C1. The molecule has 0 saturated carbocycles. The van der Waals surface area contributed by atoms with Gasteiger partial charge in [0.25, 0.3) is 0 Å². The number of allylic oxidation sites excluding steroid dienone is 7. The summed E-state index contributed by atoms with van der Waals surface area (Å²) in [6, 6.07) is 0. The van der Waals surface area contributed by atoms with Crippen LogP contribution in [-0.4, -0.2) is 53.0 Å². The average molecular weight is 458 g/mol. The zero-order valence-electron chi connectivity index (χ0n) is 18.7. The Labute approximate surface area is 191 Å². The molecule has 0 fully saturated rings. The molecule has 1 heterocycles. The van der Waals surface area contributed by atoms with E-state index in [1.807, 2.05) is 25.3 Å². The average Bonchev–Trinajstić information content (AvgIpc) is 3.24. The molecule has 3 unspecified atom stereocenters. The topological polar surface area (TPSA) is 107 Å². The van der Waals surface area contributed by atoms with Crippen LogP contribution >= 0.6 is 11.8 Å². The van der Waals surface area contributed by atoms with Crippen molar-refractivity contribution < 1.29 is 23.9 Å². The Morgan fingerprint density at radius 1 is 1.41 bits per heavy atom. The molecule has 8 nitrogen and oxygen atoms in total. The summed E-state index contributed by atoms with van der Waals surface area (Å²) in [6.45, 7) is 3.66. The third-order valence-corrected chi connectivity index (χ3v) is 5.86. The van der Waals surface area contributed by atoms with Crippen LogP contribution in [0.2, 0.25) is 0 Å². The Morgan fingerprint density at radius 3 is 2.75 bits per heavy atom. The Bertz CT molecular complexity index is 1050. The molecule has 0 saturated heterocycles. The van der Waals surface area contributed by atoms with E-state index in [-0.39, 0.29) is 11.8 Å². The highest BCUT2D eigenvalue weighted by Crippen LogP contribution is 2.33. The van der Waals surface area contributed by atoms with Crippen molar-refractivity contribution in [3.63, 3.8) is 0 Å². The molecule has 0 aromatic carbocycles. The van der Waals surface area contributed by atoms with Gasteiger partial charge in [-0.05, 0) is 30.2 Å². The quantitative estimate of drug-likeness (QED) is 0.516. The number of hydrogen-bond acceptors (Lipinski definition) is 8. The molecule has 170 valence electrons. The number of aliphatic hydroxyl groups excluding tert-OH is 1. The predicted octanol–water partition coefficient (Wildman–Crippen LogP) is 4.26. The highest BCUT2D eigenvalue weighted by atomic mass is 32.2. The number of nitrogens with zero attached hydrogens (tertiary/aromatic N) is 3. The summed E-state index contributed by atoms with van der Waals surface area (Å²) >= 11 is 1.35. The predicted molar refractivity (Wildman–Crippen MR) is 124 cm³/mol. The third kappa shape index (κ3) is 5.46. The largest absolute Gasteiger partial charge is 0.498 e. The number of amides is 1. The molecule has 1 amide bonds. The van der Waals surface area contributed by atoms with Crippen LogP contribution in [0.1, 0.15) is 25.1 Å². The molecular formula is C23H27N3O5S. The number of carbonyl (C=O) groups excluding carboxylic acids is 1. The van der Waals surface area contributed by atoms with E-state index in [2.05, 4.69) is 33.4 Å². The van der Waals surface area contributed by atoms with Gasteiger partial charge in [-0.2, -0.15) is 9.98 Å². The number of aryl methyl sites for hydroxylation is 1. The van der Waals surface area contributed by atoms with Gasteiger partial charge in [-0.1, -0.05) is 42.5 Å². The van der Waals surface area contributed by atoms with Gasteiger partial charge in [0, 0.05) is 24.0 Å². The Hall–Kier alpha value is -2.91. The van der Waals surface area contributed by atoms with Gasteiger partial charge in [-0.25, -0.2) is 4.79 Å². The molecule has 1 aromatic rings. The molecular weight excluding hydrogens is 430 g/mol. The van der Waals surface area contributed by atoms with Gasteiger partial charge in [0.15, 0.2) is 0 Å². The first-order valence-corrected chi connectivity index (χ1v) is 11.4. The number of methoxy groups -OCH3 is 2. The molecule has 32 heavy (non-hydrogen) atoms. The highest BCUT2D eigenvalue weighted by molar-refractivity contribution is 8.13. The van der Waals surface area contributed by atoms with E-state index in [0.29, 0.717) is 22.5 Å². The highest BCUT2D eigenvalue weighted by Gasteiger charge is 2.26. The lowest BCUT2D eigenvalue weighted by Gasteiger charge is -2.25. The number of rotatable bonds is 5. The summed E-state index contributed by atoms with van der Waals surface area (Å²) in [5, 5.41) is 14.9. The molecule has 0 aliphatic heterocycles. The van der Waals surface area contributed by atoms with Crippen molar-refractivity contribution >= 4 is 28.5 Å². The molecule has 0 bridgehead atoms. The van der Waals surface area contributed by atoms with Gasteiger partial charge in [0.05, 0.1) is 14.2 Å². The van der Waals surface area contributed by atoms with Gasteiger partial charge in [-0.3, -0.25) is 0 Å².